The lowest BCUT2D eigenvalue weighted by Crippen LogP contribution is -2.19. The van der Waals surface area contributed by atoms with Gasteiger partial charge < -0.3 is 0 Å². The van der Waals surface area contributed by atoms with Crippen molar-refractivity contribution >= 4 is 10.1 Å². The molecule has 0 bridgehead atoms. The maximum atomic E-state index is 10.7. The highest BCUT2D eigenvalue weighted by molar-refractivity contribution is 7.86. The third-order valence-electron chi connectivity index (χ3n) is 1.94. The molecule has 1 N–H and O–H groups in total. The molecule has 0 aliphatic rings. The SMILES string of the molecule is CCC(CCC(C)C)S(=O)(=O)O. The van der Waals surface area contributed by atoms with Crippen LogP contribution in [0, 0.1) is 5.92 Å². The van der Waals surface area contributed by atoms with E-state index in [0.29, 0.717) is 18.8 Å². The summed E-state index contributed by atoms with van der Waals surface area (Å²) in [6.07, 6.45) is 1.90. The molecule has 0 aromatic heterocycles. The van der Waals surface area contributed by atoms with Gasteiger partial charge in [-0.25, -0.2) is 0 Å². The van der Waals surface area contributed by atoms with E-state index in [-0.39, 0.29) is 0 Å². The van der Waals surface area contributed by atoms with E-state index in [1.807, 2.05) is 13.8 Å². The average Bonchev–Trinajstić information content (AvgIpc) is 1.85. The molecule has 0 fully saturated rings. The van der Waals surface area contributed by atoms with Crippen LogP contribution in [0.4, 0.5) is 0 Å². The van der Waals surface area contributed by atoms with E-state index < -0.39 is 15.4 Å². The molecule has 0 amide bonds. The Morgan fingerprint density at radius 3 is 2.00 bits per heavy atom. The van der Waals surface area contributed by atoms with Crippen molar-refractivity contribution in [2.45, 2.75) is 45.3 Å². The van der Waals surface area contributed by atoms with Crippen molar-refractivity contribution in [3.8, 4) is 0 Å². The first-order valence-corrected chi connectivity index (χ1v) is 5.84. The molecular formula is C8H18O3S. The molecular weight excluding hydrogens is 176 g/mol. The minimum atomic E-state index is -3.81. The van der Waals surface area contributed by atoms with Crippen LogP contribution in [-0.4, -0.2) is 18.2 Å². The summed E-state index contributed by atoms with van der Waals surface area (Å²) in [4.78, 5) is 0. The zero-order chi connectivity index (χ0) is 9.78. The van der Waals surface area contributed by atoms with Crippen LogP contribution in [0.3, 0.4) is 0 Å². The smallest absolute Gasteiger partial charge is 0.267 e. The zero-order valence-electron chi connectivity index (χ0n) is 7.95. The summed E-state index contributed by atoms with van der Waals surface area (Å²) in [6, 6.07) is 0. The van der Waals surface area contributed by atoms with E-state index in [1.54, 1.807) is 6.92 Å². The van der Waals surface area contributed by atoms with Crippen molar-refractivity contribution in [1.29, 1.82) is 0 Å². The summed E-state index contributed by atoms with van der Waals surface area (Å²) in [5.41, 5.74) is 0. The van der Waals surface area contributed by atoms with Crippen LogP contribution < -0.4 is 0 Å². The summed E-state index contributed by atoms with van der Waals surface area (Å²) in [5, 5.41) is -0.570. The fourth-order valence-corrected chi connectivity index (χ4v) is 1.94. The molecule has 0 saturated heterocycles. The Balaban J connectivity index is 4.03. The minimum Gasteiger partial charge on any atom is -0.285 e. The maximum Gasteiger partial charge on any atom is 0.267 e. The molecule has 0 rings (SSSR count). The van der Waals surface area contributed by atoms with Crippen molar-refractivity contribution in [2.75, 3.05) is 0 Å². The third kappa shape index (κ3) is 4.72. The Bertz CT molecular complexity index is 206. The fourth-order valence-electron chi connectivity index (χ4n) is 1.08. The van der Waals surface area contributed by atoms with Gasteiger partial charge in [0.2, 0.25) is 0 Å². The standard InChI is InChI=1S/C8H18O3S/c1-4-8(12(9,10)11)6-5-7(2)3/h7-8H,4-6H2,1-3H3,(H,9,10,11). The van der Waals surface area contributed by atoms with Gasteiger partial charge in [-0.1, -0.05) is 20.8 Å². The van der Waals surface area contributed by atoms with Gasteiger partial charge in [0.1, 0.15) is 0 Å². The molecule has 4 heteroatoms. The number of hydrogen-bond donors (Lipinski definition) is 1. The van der Waals surface area contributed by atoms with Gasteiger partial charge in [0.25, 0.3) is 10.1 Å². The summed E-state index contributed by atoms with van der Waals surface area (Å²) >= 11 is 0. The minimum absolute atomic E-state index is 0.487. The van der Waals surface area contributed by atoms with Crippen molar-refractivity contribution < 1.29 is 13.0 Å². The van der Waals surface area contributed by atoms with Gasteiger partial charge >= 0.3 is 0 Å². The van der Waals surface area contributed by atoms with E-state index in [9.17, 15) is 8.42 Å². The molecule has 1 atom stereocenters. The van der Waals surface area contributed by atoms with Crippen LogP contribution in [0.5, 0.6) is 0 Å². The monoisotopic (exact) mass is 194 g/mol. The molecule has 0 aromatic carbocycles. The van der Waals surface area contributed by atoms with Crippen LogP contribution in [0.1, 0.15) is 40.0 Å². The second kappa shape index (κ2) is 4.82. The fraction of sp³-hybridized carbons (Fsp3) is 1.00. The second-order valence-corrected chi connectivity index (χ2v) is 5.21. The van der Waals surface area contributed by atoms with Crippen LogP contribution in [0.2, 0.25) is 0 Å². The Kier molecular flexibility index (Phi) is 4.78. The van der Waals surface area contributed by atoms with Gasteiger partial charge in [-0.05, 0) is 25.2 Å². The highest BCUT2D eigenvalue weighted by atomic mass is 32.2. The van der Waals surface area contributed by atoms with Crippen LogP contribution in [0.25, 0.3) is 0 Å². The summed E-state index contributed by atoms with van der Waals surface area (Å²) < 4.78 is 30.2. The first-order chi connectivity index (χ1) is 5.38. The lowest BCUT2D eigenvalue weighted by molar-refractivity contribution is 0.445. The molecule has 0 spiro atoms. The topological polar surface area (TPSA) is 54.4 Å². The van der Waals surface area contributed by atoms with Crippen LogP contribution in [-0.2, 0) is 10.1 Å². The van der Waals surface area contributed by atoms with E-state index in [4.69, 9.17) is 4.55 Å². The van der Waals surface area contributed by atoms with Gasteiger partial charge in [-0.15, -0.1) is 0 Å². The van der Waals surface area contributed by atoms with Crippen molar-refractivity contribution in [3.63, 3.8) is 0 Å². The molecule has 1 unspecified atom stereocenters. The Hall–Kier alpha value is -0.0900. The molecule has 0 saturated carbocycles. The van der Waals surface area contributed by atoms with Crippen LogP contribution in [0.15, 0.2) is 0 Å². The lowest BCUT2D eigenvalue weighted by Gasteiger charge is -2.12. The van der Waals surface area contributed by atoms with Crippen LogP contribution >= 0.6 is 0 Å². The normalized spacial score (nSPS) is 15.1. The van der Waals surface area contributed by atoms with Gasteiger partial charge in [-0.2, -0.15) is 8.42 Å². The lowest BCUT2D eigenvalue weighted by atomic mass is 10.1. The van der Waals surface area contributed by atoms with E-state index in [0.717, 1.165) is 6.42 Å². The summed E-state index contributed by atoms with van der Waals surface area (Å²) in [6.45, 7) is 5.85. The van der Waals surface area contributed by atoms with Crippen molar-refractivity contribution in [2.24, 2.45) is 5.92 Å². The summed E-state index contributed by atoms with van der Waals surface area (Å²) in [5.74, 6) is 0.487. The average molecular weight is 194 g/mol. The first-order valence-electron chi connectivity index (χ1n) is 4.34. The van der Waals surface area contributed by atoms with E-state index >= 15 is 0 Å². The quantitative estimate of drug-likeness (QED) is 0.682. The Morgan fingerprint density at radius 1 is 1.25 bits per heavy atom. The molecule has 12 heavy (non-hydrogen) atoms. The highest BCUT2D eigenvalue weighted by Crippen LogP contribution is 2.14. The van der Waals surface area contributed by atoms with E-state index in [1.165, 1.54) is 0 Å². The number of hydrogen-bond acceptors (Lipinski definition) is 2. The largest absolute Gasteiger partial charge is 0.285 e. The third-order valence-corrected chi connectivity index (χ3v) is 3.35. The molecule has 0 aromatic rings. The van der Waals surface area contributed by atoms with Gasteiger partial charge in [0.05, 0.1) is 5.25 Å². The highest BCUT2D eigenvalue weighted by Gasteiger charge is 2.20. The second-order valence-electron chi connectivity index (χ2n) is 3.52. The number of rotatable bonds is 5. The Morgan fingerprint density at radius 2 is 1.75 bits per heavy atom. The molecule has 0 radical (unpaired) electrons. The van der Waals surface area contributed by atoms with Crippen molar-refractivity contribution in [3.05, 3.63) is 0 Å². The molecule has 0 aliphatic carbocycles. The molecule has 74 valence electrons. The van der Waals surface area contributed by atoms with Crippen molar-refractivity contribution in [1.82, 2.24) is 0 Å². The predicted molar refractivity (Wildman–Crippen MR) is 49.7 cm³/mol. The molecule has 3 nitrogen and oxygen atoms in total. The van der Waals surface area contributed by atoms with E-state index in [2.05, 4.69) is 0 Å². The van der Waals surface area contributed by atoms with Gasteiger partial charge in [0, 0.05) is 0 Å². The molecule has 0 heterocycles. The maximum absolute atomic E-state index is 10.7. The first kappa shape index (κ1) is 11.9. The predicted octanol–water partition coefficient (Wildman–Crippen LogP) is 2.09. The molecule has 0 aliphatic heterocycles. The van der Waals surface area contributed by atoms with Gasteiger partial charge in [-0.3, -0.25) is 4.55 Å². The zero-order valence-corrected chi connectivity index (χ0v) is 8.76. The summed E-state index contributed by atoms with van der Waals surface area (Å²) in [7, 11) is -3.81. The van der Waals surface area contributed by atoms with Gasteiger partial charge in [0.15, 0.2) is 0 Å². The Labute approximate surface area is 74.9 Å².